The summed E-state index contributed by atoms with van der Waals surface area (Å²) in [5, 5.41) is 0. The number of alkyl halides is 1. The predicted molar refractivity (Wildman–Crippen MR) is 74.5 cm³/mol. The highest BCUT2D eigenvalue weighted by Gasteiger charge is 2.06. The Morgan fingerprint density at radius 2 is 1.89 bits per heavy atom. The number of rotatable bonds is 3. The monoisotopic (exact) mass is 261 g/mol. The number of benzene rings is 1. The van der Waals surface area contributed by atoms with Crippen molar-refractivity contribution in [1.82, 2.24) is 4.98 Å². The summed E-state index contributed by atoms with van der Waals surface area (Å²) in [5.41, 5.74) is 4.29. The minimum absolute atomic E-state index is 0.396. The van der Waals surface area contributed by atoms with Crippen LogP contribution in [-0.4, -0.2) is 4.98 Å². The molecule has 1 aromatic carbocycles. The van der Waals surface area contributed by atoms with Gasteiger partial charge in [0, 0.05) is 23.5 Å². The highest BCUT2D eigenvalue weighted by atomic mass is 35.5. The van der Waals surface area contributed by atoms with Crippen molar-refractivity contribution in [2.45, 2.75) is 26.7 Å². The van der Waals surface area contributed by atoms with Crippen molar-refractivity contribution < 1.29 is 4.74 Å². The van der Waals surface area contributed by atoms with Gasteiger partial charge in [0.15, 0.2) is 0 Å². The third-order valence-electron chi connectivity index (χ3n) is 2.93. The molecule has 3 heteroatoms. The fraction of sp³-hybridized carbons (Fsp3) is 0.267. The number of aromatic nitrogens is 1. The molecule has 0 saturated carbocycles. The molecule has 0 radical (unpaired) electrons. The van der Waals surface area contributed by atoms with E-state index in [0.29, 0.717) is 5.88 Å². The smallest absolute Gasteiger partial charge is 0.135 e. The van der Waals surface area contributed by atoms with Gasteiger partial charge >= 0.3 is 0 Å². The van der Waals surface area contributed by atoms with Crippen molar-refractivity contribution >= 4 is 11.6 Å². The Bertz CT molecular complexity index is 566. The Balaban J connectivity index is 2.33. The summed E-state index contributed by atoms with van der Waals surface area (Å²) in [6.45, 7) is 6.09. The Morgan fingerprint density at radius 1 is 1.11 bits per heavy atom. The molecule has 0 aliphatic carbocycles. The molecule has 2 aromatic rings. The lowest BCUT2D eigenvalue weighted by molar-refractivity contribution is 0.476. The normalized spacial score (nSPS) is 10.4. The maximum Gasteiger partial charge on any atom is 0.135 e. The van der Waals surface area contributed by atoms with Crippen molar-refractivity contribution in [2.24, 2.45) is 0 Å². The Morgan fingerprint density at radius 3 is 2.56 bits per heavy atom. The van der Waals surface area contributed by atoms with Crippen molar-refractivity contribution in [3.05, 3.63) is 52.8 Å². The van der Waals surface area contributed by atoms with Crippen LogP contribution in [0.3, 0.4) is 0 Å². The number of hydrogen-bond donors (Lipinski definition) is 0. The summed E-state index contributed by atoms with van der Waals surface area (Å²) < 4.78 is 5.89. The first-order valence-electron chi connectivity index (χ1n) is 5.86. The van der Waals surface area contributed by atoms with Crippen LogP contribution in [0, 0.1) is 20.8 Å². The van der Waals surface area contributed by atoms with Gasteiger partial charge in [-0.2, -0.15) is 0 Å². The number of nitrogens with zero attached hydrogens (tertiary/aromatic N) is 1. The first-order chi connectivity index (χ1) is 8.60. The van der Waals surface area contributed by atoms with Crippen LogP contribution in [0.2, 0.25) is 0 Å². The van der Waals surface area contributed by atoms with Crippen molar-refractivity contribution in [3.63, 3.8) is 0 Å². The van der Waals surface area contributed by atoms with Crippen LogP contribution < -0.4 is 4.74 Å². The highest BCUT2D eigenvalue weighted by Crippen LogP contribution is 2.27. The van der Waals surface area contributed by atoms with E-state index in [9.17, 15) is 0 Å². The lowest BCUT2D eigenvalue weighted by atomic mass is 10.1. The second kappa shape index (κ2) is 5.40. The lowest BCUT2D eigenvalue weighted by Crippen LogP contribution is -1.93. The third-order valence-corrected chi connectivity index (χ3v) is 3.22. The van der Waals surface area contributed by atoms with Crippen LogP contribution in [0.4, 0.5) is 0 Å². The van der Waals surface area contributed by atoms with Gasteiger partial charge in [0.25, 0.3) is 0 Å². The van der Waals surface area contributed by atoms with E-state index in [1.54, 1.807) is 6.20 Å². The molecule has 94 valence electrons. The van der Waals surface area contributed by atoms with Crippen LogP contribution in [0.25, 0.3) is 0 Å². The molecule has 1 heterocycles. The molecule has 0 aliphatic rings. The summed E-state index contributed by atoms with van der Waals surface area (Å²) in [6.07, 6.45) is 1.76. The molecule has 0 amide bonds. The van der Waals surface area contributed by atoms with Gasteiger partial charge in [-0.15, -0.1) is 11.6 Å². The van der Waals surface area contributed by atoms with E-state index in [2.05, 4.69) is 24.9 Å². The van der Waals surface area contributed by atoms with Gasteiger partial charge in [-0.3, -0.25) is 4.98 Å². The SMILES string of the molecule is Cc1cc(Oc2ccc(C)c(C)c2)c(CCl)cn1. The summed E-state index contributed by atoms with van der Waals surface area (Å²) in [6, 6.07) is 7.96. The standard InChI is InChI=1S/C15H16ClNO/c1-10-4-5-14(6-11(10)2)18-15-7-12(3)17-9-13(15)8-16/h4-7,9H,8H2,1-3H3. The lowest BCUT2D eigenvalue weighted by Gasteiger charge is -2.11. The predicted octanol–water partition coefficient (Wildman–Crippen LogP) is 4.54. The number of halogens is 1. The molecular weight excluding hydrogens is 246 g/mol. The molecule has 0 bridgehead atoms. The van der Waals surface area contributed by atoms with Gasteiger partial charge in [-0.05, 0) is 44.0 Å². The summed E-state index contributed by atoms with van der Waals surface area (Å²) >= 11 is 5.89. The topological polar surface area (TPSA) is 22.1 Å². The molecule has 1 aromatic heterocycles. The first-order valence-corrected chi connectivity index (χ1v) is 6.40. The quantitative estimate of drug-likeness (QED) is 0.757. The van der Waals surface area contributed by atoms with Gasteiger partial charge < -0.3 is 4.74 Å². The summed E-state index contributed by atoms with van der Waals surface area (Å²) in [5.74, 6) is 2.00. The zero-order valence-electron chi connectivity index (χ0n) is 10.8. The number of hydrogen-bond acceptors (Lipinski definition) is 2. The van der Waals surface area contributed by atoms with E-state index >= 15 is 0 Å². The third kappa shape index (κ3) is 2.82. The van der Waals surface area contributed by atoms with Crippen LogP contribution >= 0.6 is 11.6 Å². The van der Waals surface area contributed by atoms with Crippen LogP contribution in [0.15, 0.2) is 30.5 Å². The number of ether oxygens (including phenoxy) is 1. The van der Waals surface area contributed by atoms with Gasteiger partial charge in [-0.25, -0.2) is 0 Å². The van der Waals surface area contributed by atoms with E-state index in [0.717, 1.165) is 22.8 Å². The van der Waals surface area contributed by atoms with Gasteiger partial charge in [0.2, 0.25) is 0 Å². The van der Waals surface area contributed by atoms with E-state index in [-0.39, 0.29) is 0 Å². The molecular formula is C15H16ClNO. The molecule has 0 saturated heterocycles. The number of pyridine rings is 1. The van der Waals surface area contributed by atoms with E-state index in [4.69, 9.17) is 16.3 Å². The Kier molecular flexibility index (Phi) is 3.87. The molecule has 0 aliphatic heterocycles. The molecule has 18 heavy (non-hydrogen) atoms. The summed E-state index contributed by atoms with van der Waals surface area (Å²) in [4.78, 5) is 4.22. The molecule has 0 spiro atoms. The maximum absolute atomic E-state index is 5.89. The van der Waals surface area contributed by atoms with E-state index < -0.39 is 0 Å². The van der Waals surface area contributed by atoms with Crippen LogP contribution in [0.5, 0.6) is 11.5 Å². The first kappa shape index (κ1) is 12.9. The Hall–Kier alpha value is -1.54. The fourth-order valence-corrected chi connectivity index (χ4v) is 1.86. The van der Waals surface area contributed by atoms with Crippen molar-refractivity contribution in [3.8, 4) is 11.5 Å². The van der Waals surface area contributed by atoms with Gasteiger partial charge in [-0.1, -0.05) is 6.07 Å². The minimum atomic E-state index is 0.396. The zero-order valence-corrected chi connectivity index (χ0v) is 11.6. The fourth-order valence-electron chi connectivity index (χ4n) is 1.66. The van der Waals surface area contributed by atoms with Crippen LogP contribution in [0.1, 0.15) is 22.4 Å². The van der Waals surface area contributed by atoms with E-state index in [1.165, 1.54) is 11.1 Å². The van der Waals surface area contributed by atoms with Crippen molar-refractivity contribution in [2.75, 3.05) is 0 Å². The molecule has 2 rings (SSSR count). The van der Waals surface area contributed by atoms with Crippen molar-refractivity contribution in [1.29, 1.82) is 0 Å². The molecule has 0 N–H and O–H groups in total. The summed E-state index contributed by atoms with van der Waals surface area (Å²) in [7, 11) is 0. The highest BCUT2D eigenvalue weighted by molar-refractivity contribution is 6.17. The van der Waals surface area contributed by atoms with Gasteiger partial charge in [0.1, 0.15) is 11.5 Å². The maximum atomic E-state index is 5.89. The Labute approximate surface area is 113 Å². The zero-order chi connectivity index (χ0) is 13.1. The molecule has 0 unspecified atom stereocenters. The van der Waals surface area contributed by atoms with E-state index in [1.807, 2.05) is 25.1 Å². The average Bonchev–Trinajstić information content (AvgIpc) is 2.34. The second-order valence-corrected chi connectivity index (χ2v) is 4.68. The molecule has 0 atom stereocenters. The van der Waals surface area contributed by atoms with Crippen LogP contribution in [-0.2, 0) is 5.88 Å². The molecule has 2 nitrogen and oxygen atoms in total. The number of aryl methyl sites for hydroxylation is 3. The van der Waals surface area contributed by atoms with Gasteiger partial charge in [0.05, 0.1) is 5.88 Å². The largest absolute Gasteiger partial charge is 0.457 e. The minimum Gasteiger partial charge on any atom is -0.457 e. The average molecular weight is 262 g/mol. The molecule has 0 fully saturated rings. The second-order valence-electron chi connectivity index (χ2n) is 4.42.